The summed E-state index contributed by atoms with van der Waals surface area (Å²) < 4.78 is 6.32. The quantitative estimate of drug-likeness (QED) is 0.934. The molecule has 0 saturated heterocycles. The molecule has 1 atom stereocenters. The second kappa shape index (κ2) is 4.71. The number of ether oxygens (including phenoxy) is 1. The fourth-order valence-corrected chi connectivity index (χ4v) is 3.27. The van der Waals surface area contributed by atoms with Crippen LogP contribution in [-0.2, 0) is 20.7 Å². The third-order valence-corrected chi connectivity index (χ3v) is 4.08. The van der Waals surface area contributed by atoms with Gasteiger partial charge in [0.05, 0.1) is 12.0 Å². The van der Waals surface area contributed by atoms with Crippen molar-refractivity contribution in [2.75, 3.05) is 0 Å². The van der Waals surface area contributed by atoms with Gasteiger partial charge in [-0.1, -0.05) is 54.6 Å². The highest BCUT2D eigenvalue weighted by Gasteiger charge is 2.50. The van der Waals surface area contributed by atoms with Gasteiger partial charge in [-0.05, 0) is 30.5 Å². The van der Waals surface area contributed by atoms with Gasteiger partial charge < -0.3 is 9.84 Å². The predicted molar refractivity (Wildman–Crippen MR) is 80.0 cm³/mol. The molecule has 1 N–H and O–H groups in total. The fourth-order valence-electron chi connectivity index (χ4n) is 3.27. The van der Waals surface area contributed by atoms with Crippen molar-refractivity contribution < 1.29 is 14.6 Å². The zero-order valence-electron chi connectivity index (χ0n) is 12.2. The van der Waals surface area contributed by atoms with Gasteiger partial charge in [-0.25, -0.2) is 0 Å². The molecule has 0 fully saturated rings. The van der Waals surface area contributed by atoms with Crippen LogP contribution in [0.25, 0.3) is 0 Å². The zero-order chi connectivity index (χ0) is 15.1. The van der Waals surface area contributed by atoms with Crippen molar-refractivity contribution in [3.8, 4) is 0 Å². The number of hydrogen-bond acceptors (Lipinski definition) is 2. The Hall–Kier alpha value is -2.13. The molecule has 3 heteroatoms. The smallest absolute Gasteiger partial charge is 0.307 e. The van der Waals surface area contributed by atoms with Crippen LogP contribution in [0, 0.1) is 0 Å². The molecule has 1 unspecified atom stereocenters. The predicted octanol–water partition coefficient (Wildman–Crippen LogP) is 3.67. The molecule has 1 aliphatic heterocycles. The Bertz CT molecular complexity index is 676. The number of carboxylic acid groups (broad SMARTS) is 1. The van der Waals surface area contributed by atoms with Crippen molar-refractivity contribution in [1.82, 2.24) is 0 Å². The lowest BCUT2D eigenvalue weighted by molar-refractivity contribution is -0.151. The zero-order valence-corrected chi connectivity index (χ0v) is 12.2. The molecule has 2 aromatic rings. The highest BCUT2D eigenvalue weighted by Crippen LogP contribution is 2.52. The van der Waals surface area contributed by atoms with Gasteiger partial charge in [-0.15, -0.1) is 0 Å². The SMILES string of the molecule is CC1(C)OC(CC(=O)O)(c2ccccc2)c2ccccc21. The lowest BCUT2D eigenvalue weighted by atomic mass is 9.82. The molecule has 0 bridgehead atoms. The molecule has 0 aromatic heterocycles. The maximum absolute atomic E-state index is 11.5. The van der Waals surface area contributed by atoms with E-state index in [1.54, 1.807) is 0 Å². The number of carboxylic acids is 1. The molecule has 2 aromatic carbocycles. The van der Waals surface area contributed by atoms with Crippen LogP contribution in [-0.4, -0.2) is 11.1 Å². The first-order chi connectivity index (χ1) is 9.96. The van der Waals surface area contributed by atoms with Crippen LogP contribution in [0.2, 0.25) is 0 Å². The minimum atomic E-state index is -0.923. The summed E-state index contributed by atoms with van der Waals surface area (Å²) >= 11 is 0. The molecule has 21 heavy (non-hydrogen) atoms. The van der Waals surface area contributed by atoms with E-state index in [-0.39, 0.29) is 6.42 Å². The number of aliphatic carboxylic acids is 1. The Morgan fingerprint density at radius 3 is 2.19 bits per heavy atom. The van der Waals surface area contributed by atoms with Crippen LogP contribution in [0.5, 0.6) is 0 Å². The van der Waals surface area contributed by atoms with Crippen molar-refractivity contribution in [3.05, 3.63) is 71.3 Å². The van der Waals surface area contributed by atoms with E-state index in [2.05, 4.69) is 0 Å². The van der Waals surface area contributed by atoms with E-state index in [1.807, 2.05) is 68.4 Å². The maximum atomic E-state index is 11.5. The summed E-state index contributed by atoms with van der Waals surface area (Å²) in [6.07, 6.45) is -0.0859. The molecule has 3 rings (SSSR count). The van der Waals surface area contributed by atoms with E-state index >= 15 is 0 Å². The lowest BCUT2D eigenvalue weighted by Gasteiger charge is -2.32. The normalized spacial score (nSPS) is 22.8. The van der Waals surface area contributed by atoms with Gasteiger partial charge in [0.25, 0.3) is 0 Å². The summed E-state index contributed by atoms with van der Waals surface area (Å²) in [6, 6.07) is 17.5. The minimum Gasteiger partial charge on any atom is -0.481 e. The first kappa shape index (κ1) is 13.8. The molecular formula is C18H18O3. The molecule has 0 aliphatic carbocycles. The van der Waals surface area contributed by atoms with E-state index in [9.17, 15) is 9.90 Å². The Balaban J connectivity index is 2.26. The Morgan fingerprint density at radius 2 is 1.57 bits per heavy atom. The van der Waals surface area contributed by atoms with Crippen LogP contribution in [0.1, 0.15) is 37.0 Å². The van der Waals surface area contributed by atoms with Gasteiger partial charge in [0, 0.05) is 0 Å². The third kappa shape index (κ3) is 2.14. The maximum Gasteiger partial charge on any atom is 0.307 e. The summed E-state index contributed by atoms with van der Waals surface area (Å²) in [5.41, 5.74) is 1.44. The van der Waals surface area contributed by atoms with E-state index in [0.29, 0.717) is 0 Å². The van der Waals surface area contributed by atoms with E-state index in [1.165, 1.54) is 0 Å². The van der Waals surface area contributed by atoms with Crippen LogP contribution in [0.3, 0.4) is 0 Å². The first-order valence-corrected chi connectivity index (χ1v) is 7.03. The summed E-state index contributed by atoms with van der Waals surface area (Å²) in [4.78, 5) is 11.5. The highest BCUT2D eigenvalue weighted by atomic mass is 16.5. The van der Waals surface area contributed by atoms with Crippen molar-refractivity contribution in [2.45, 2.75) is 31.5 Å². The summed E-state index contributed by atoms with van der Waals surface area (Å²) in [5, 5.41) is 9.42. The average molecular weight is 282 g/mol. The molecule has 1 aliphatic rings. The second-order valence-electron chi connectivity index (χ2n) is 5.92. The van der Waals surface area contributed by atoms with Gasteiger partial charge in [-0.2, -0.15) is 0 Å². The largest absolute Gasteiger partial charge is 0.481 e. The summed E-state index contributed by atoms with van der Waals surface area (Å²) in [7, 11) is 0. The molecule has 0 radical (unpaired) electrons. The number of benzene rings is 2. The van der Waals surface area contributed by atoms with Crippen molar-refractivity contribution in [2.24, 2.45) is 0 Å². The lowest BCUT2D eigenvalue weighted by Crippen LogP contribution is -2.33. The molecule has 108 valence electrons. The molecule has 1 heterocycles. The number of rotatable bonds is 3. The van der Waals surface area contributed by atoms with Crippen molar-refractivity contribution >= 4 is 5.97 Å². The van der Waals surface area contributed by atoms with Crippen LogP contribution >= 0.6 is 0 Å². The second-order valence-corrected chi connectivity index (χ2v) is 5.92. The van der Waals surface area contributed by atoms with Crippen LogP contribution in [0.4, 0.5) is 0 Å². The van der Waals surface area contributed by atoms with E-state index in [0.717, 1.165) is 16.7 Å². The van der Waals surface area contributed by atoms with E-state index in [4.69, 9.17) is 4.74 Å². The molecule has 0 saturated carbocycles. The Labute approximate surface area is 124 Å². The Kier molecular flexibility index (Phi) is 3.10. The molecule has 0 amide bonds. The number of hydrogen-bond donors (Lipinski definition) is 1. The van der Waals surface area contributed by atoms with Gasteiger partial charge >= 0.3 is 5.97 Å². The fraction of sp³-hybridized carbons (Fsp3) is 0.278. The van der Waals surface area contributed by atoms with Gasteiger partial charge in [-0.3, -0.25) is 4.79 Å². The standard InChI is InChI=1S/C18H18O3/c1-17(2)14-10-6-7-11-15(14)18(21-17,12-16(19)20)13-8-4-3-5-9-13/h3-11H,12H2,1-2H3,(H,19,20). The summed E-state index contributed by atoms with van der Waals surface area (Å²) in [6.45, 7) is 3.97. The first-order valence-electron chi connectivity index (χ1n) is 7.03. The van der Waals surface area contributed by atoms with Crippen LogP contribution < -0.4 is 0 Å². The monoisotopic (exact) mass is 282 g/mol. The molecular weight excluding hydrogens is 264 g/mol. The van der Waals surface area contributed by atoms with Crippen LogP contribution in [0.15, 0.2) is 54.6 Å². The van der Waals surface area contributed by atoms with E-state index < -0.39 is 17.2 Å². The number of fused-ring (bicyclic) bond motifs is 1. The topological polar surface area (TPSA) is 46.5 Å². The minimum absolute atomic E-state index is 0.0859. The van der Waals surface area contributed by atoms with Crippen molar-refractivity contribution in [3.63, 3.8) is 0 Å². The average Bonchev–Trinajstić information content (AvgIpc) is 2.69. The summed E-state index contributed by atoms with van der Waals surface area (Å²) in [5.74, 6) is -0.869. The molecule has 3 nitrogen and oxygen atoms in total. The highest BCUT2D eigenvalue weighted by molar-refractivity contribution is 5.71. The number of carbonyl (C=O) groups is 1. The van der Waals surface area contributed by atoms with Gasteiger partial charge in [0.15, 0.2) is 0 Å². The Morgan fingerprint density at radius 1 is 1.00 bits per heavy atom. The van der Waals surface area contributed by atoms with Gasteiger partial charge in [0.2, 0.25) is 0 Å². The molecule has 0 spiro atoms. The van der Waals surface area contributed by atoms with Crippen molar-refractivity contribution in [1.29, 1.82) is 0 Å². The third-order valence-electron chi connectivity index (χ3n) is 4.08. The van der Waals surface area contributed by atoms with Gasteiger partial charge in [0.1, 0.15) is 5.60 Å².